The molecule has 7 nitrogen and oxygen atoms in total. The Morgan fingerprint density at radius 1 is 1.23 bits per heavy atom. The van der Waals surface area contributed by atoms with Gasteiger partial charge in [-0.3, -0.25) is 14.3 Å². The van der Waals surface area contributed by atoms with Crippen LogP contribution >= 0.6 is 11.6 Å². The van der Waals surface area contributed by atoms with Crippen LogP contribution in [0.5, 0.6) is 0 Å². The molecule has 11 heteroatoms. The van der Waals surface area contributed by atoms with Gasteiger partial charge in [-0.2, -0.15) is 18.3 Å². The Morgan fingerprint density at radius 2 is 1.88 bits per heavy atom. The first-order valence-electron chi connectivity index (χ1n) is 13.4. The lowest BCUT2D eigenvalue weighted by Crippen LogP contribution is -2.40. The Morgan fingerprint density at radius 3 is 2.45 bits per heavy atom. The minimum atomic E-state index is -4.82. The van der Waals surface area contributed by atoms with Gasteiger partial charge in [-0.25, -0.2) is 0 Å². The summed E-state index contributed by atoms with van der Waals surface area (Å²) >= 11 is 6.47. The monoisotopic (exact) mass is 580 g/mol. The summed E-state index contributed by atoms with van der Waals surface area (Å²) in [5.74, 6) is -1.69. The molecule has 0 radical (unpaired) electrons. The fraction of sp³-hybridized carbons (Fsp3) is 0.552. The molecular weight excluding hydrogens is 545 g/mol. The van der Waals surface area contributed by atoms with Crippen molar-refractivity contribution in [3.63, 3.8) is 0 Å². The minimum absolute atomic E-state index is 0.192. The van der Waals surface area contributed by atoms with Crippen molar-refractivity contribution in [3.8, 4) is 0 Å². The maximum absolute atomic E-state index is 14.5. The number of carboxylic acids is 1. The average Bonchev–Trinajstić information content (AvgIpc) is 3.43. The van der Waals surface area contributed by atoms with Crippen molar-refractivity contribution in [2.24, 2.45) is 10.8 Å². The molecule has 2 aromatic heterocycles. The third kappa shape index (κ3) is 6.01. The zero-order valence-electron chi connectivity index (χ0n) is 23.5. The number of halogens is 4. The molecule has 0 unspecified atom stereocenters. The summed E-state index contributed by atoms with van der Waals surface area (Å²) in [6.07, 6.45) is -2.47. The molecule has 218 valence electrons. The van der Waals surface area contributed by atoms with E-state index in [9.17, 15) is 27.9 Å². The molecule has 40 heavy (non-hydrogen) atoms. The van der Waals surface area contributed by atoms with Gasteiger partial charge in [0.15, 0.2) is 5.69 Å². The lowest BCUT2D eigenvalue weighted by Gasteiger charge is -2.34. The summed E-state index contributed by atoms with van der Waals surface area (Å²) in [6.45, 7) is 9.74. The number of aromatic amines is 1. The van der Waals surface area contributed by atoms with E-state index in [1.807, 2.05) is 39.8 Å². The Labute approximate surface area is 236 Å². The van der Waals surface area contributed by atoms with Gasteiger partial charge < -0.3 is 15.0 Å². The highest BCUT2D eigenvalue weighted by atomic mass is 35.5. The number of aryl methyl sites for hydroxylation is 1. The van der Waals surface area contributed by atoms with Gasteiger partial charge in [0.25, 0.3) is 5.91 Å². The van der Waals surface area contributed by atoms with Crippen LogP contribution in [0.4, 0.5) is 13.2 Å². The second kappa shape index (κ2) is 10.8. The van der Waals surface area contributed by atoms with E-state index in [-0.39, 0.29) is 44.2 Å². The van der Waals surface area contributed by atoms with Gasteiger partial charge in [0.1, 0.15) is 0 Å². The fourth-order valence-corrected chi connectivity index (χ4v) is 6.02. The second-order valence-electron chi connectivity index (χ2n) is 12.4. The van der Waals surface area contributed by atoms with Crippen molar-refractivity contribution in [1.29, 1.82) is 0 Å². The van der Waals surface area contributed by atoms with Crippen LogP contribution in [0.3, 0.4) is 0 Å². The van der Waals surface area contributed by atoms with Crippen molar-refractivity contribution in [2.45, 2.75) is 78.9 Å². The summed E-state index contributed by atoms with van der Waals surface area (Å²) in [6, 6.07) is 4.89. The predicted molar refractivity (Wildman–Crippen MR) is 148 cm³/mol. The summed E-state index contributed by atoms with van der Waals surface area (Å²) in [7, 11) is 0. The van der Waals surface area contributed by atoms with Gasteiger partial charge in [0.05, 0.1) is 28.2 Å². The minimum Gasteiger partial charge on any atom is -0.481 e. The van der Waals surface area contributed by atoms with Crippen LogP contribution in [0.2, 0.25) is 5.02 Å². The summed E-state index contributed by atoms with van der Waals surface area (Å²) < 4.78 is 44.3. The third-order valence-corrected chi connectivity index (χ3v) is 8.20. The Kier molecular flexibility index (Phi) is 8.06. The topological polar surface area (TPSA) is 91.2 Å². The number of nitrogens with one attached hydrogen (secondary N) is 1. The first kappa shape index (κ1) is 30.0. The van der Waals surface area contributed by atoms with Crippen molar-refractivity contribution < 1.29 is 27.9 Å². The van der Waals surface area contributed by atoms with Crippen molar-refractivity contribution in [1.82, 2.24) is 19.7 Å². The van der Waals surface area contributed by atoms with Crippen LogP contribution in [0, 0.1) is 17.8 Å². The number of hydrogen-bond donors (Lipinski definition) is 2. The second-order valence-corrected chi connectivity index (χ2v) is 12.8. The normalized spacial score (nSPS) is 20.2. The molecular formula is C29H36ClF3N4O3. The van der Waals surface area contributed by atoms with Gasteiger partial charge in [-0.05, 0) is 69.1 Å². The number of aliphatic carboxylic acids is 1. The van der Waals surface area contributed by atoms with E-state index in [1.54, 1.807) is 13.0 Å². The van der Waals surface area contributed by atoms with Crippen LogP contribution in [-0.4, -0.2) is 49.7 Å². The Bertz CT molecular complexity index is 1410. The number of benzene rings is 1. The molecule has 1 aliphatic carbocycles. The van der Waals surface area contributed by atoms with Crippen LogP contribution < -0.4 is 0 Å². The van der Waals surface area contributed by atoms with Gasteiger partial charge in [0.2, 0.25) is 0 Å². The molecule has 2 N–H and O–H groups in total. The van der Waals surface area contributed by atoms with Gasteiger partial charge in [0, 0.05) is 29.7 Å². The third-order valence-electron chi connectivity index (χ3n) is 7.89. The lowest BCUT2D eigenvalue weighted by molar-refractivity contribution is -0.152. The molecule has 4 rings (SSSR count). The standard InChI is InChI=1S/C29H36ClF3N4O3/c1-17-19(23-21(30)7-6-8-22(23)35-17)11-14-36(16-27(2,3)4)25(38)20-15-34-37(24(20)29(31,32)33)18-9-12-28(5,13-10-18)26(39)40/h6-8,15,18,35H,9-14,16H2,1-5H3,(H,39,40). The molecule has 3 aromatic rings. The predicted octanol–water partition coefficient (Wildman–Crippen LogP) is 7.28. The molecule has 0 bridgehead atoms. The van der Waals surface area contributed by atoms with Crippen LogP contribution in [0.25, 0.3) is 10.9 Å². The SMILES string of the molecule is Cc1[nH]c2cccc(Cl)c2c1CCN(CC(C)(C)C)C(=O)c1cnn(C2CCC(C)(C(=O)O)CC2)c1C(F)(F)F. The Hall–Kier alpha value is -3.01. The Balaban J connectivity index is 1.66. The first-order chi connectivity index (χ1) is 18.5. The highest BCUT2D eigenvalue weighted by molar-refractivity contribution is 6.35. The van der Waals surface area contributed by atoms with E-state index < -0.39 is 40.8 Å². The number of aromatic nitrogens is 3. The van der Waals surface area contributed by atoms with Crippen LogP contribution in [-0.2, 0) is 17.4 Å². The zero-order chi connectivity index (χ0) is 29.6. The fourth-order valence-electron chi connectivity index (χ4n) is 5.73. The van der Waals surface area contributed by atoms with Crippen molar-refractivity contribution in [3.05, 3.63) is 51.9 Å². The van der Waals surface area contributed by atoms with E-state index in [1.165, 1.54) is 4.90 Å². The molecule has 2 heterocycles. The van der Waals surface area contributed by atoms with Gasteiger partial charge in [-0.15, -0.1) is 0 Å². The number of carboxylic acid groups (broad SMARTS) is 1. The molecule has 1 fully saturated rings. The summed E-state index contributed by atoms with van der Waals surface area (Å²) in [4.78, 5) is 30.2. The largest absolute Gasteiger partial charge is 0.481 e. The number of hydrogen-bond acceptors (Lipinski definition) is 3. The average molecular weight is 581 g/mol. The van der Waals surface area contributed by atoms with E-state index in [2.05, 4.69) is 10.1 Å². The smallest absolute Gasteiger partial charge is 0.433 e. The van der Waals surface area contributed by atoms with Crippen LogP contribution in [0.1, 0.15) is 86.7 Å². The zero-order valence-corrected chi connectivity index (χ0v) is 24.2. The molecule has 0 saturated heterocycles. The van der Waals surface area contributed by atoms with E-state index in [4.69, 9.17) is 11.6 Å². The molecule has 1 saturated carbocycles. The number of amides is 1. The summed E-state index contributed by atoms with van der Waals surface area (Å²) in [5, 5.41) is 15.0. The molecule has 1 aromatic carbocycles. The highest BCUT2D eigenvalue weighted by Crippen LogP contribution is 2.43. The molecule has 0 atom stereocenters. The molecule has 0 spiro atoms. The molecule has 1 amide bonds. The van der Waals surface area contributed by atoms with Crippen molar-refractivity contribution in [2.75, 3.05) is 13.1 Å². The van der Waals surface area contributed by atoms with E-state index in [0.29, 0.717) is 11.4 Å². The number of fused-ring (bicyclic) bond motifs is 1. The quantitative estimate of drug-likeness (QED) is 0.307. The van der Waals surface area contributed by atoms with E-state index in [0.717, 1.165) is 33.0 Å². The van der Waals surface area contributed by atoms with Crippen LogP contribution in [0.15, 0.2) is 24.4 Å². The maximum Gasteiger partial charge on any atom is 0.433 e. The summed E-state index contributed by atoms with van der Waals surface area (Å²) in [5.41, 5.74) is -0.247. The van der Waals surface area contributed by atoms with Gasteiger partial charge in [-0.1, -0.05) is 38.4 Å². The number of carbonyl (C=O) groups is 2. The molecule has 0 aliphatic heterocycles. The number of carbonyl (C=O) groups excluding carboxylic acids is 1. The van der Waals surface area contributed by atoms with Crippen molar-refractivity contribution >= 4 is 34.4 Å². The number of H-pyrrole nitrogens is 1. The lowest BCUT2D eigenvalue weighted by atomic mass is 9.74. The molecule has 1 aliphatic rings. The number of nitrogens with zero attached hydrogens (tertiary/aromatic N) is 3. The number of alkyl halides is 3. The maximum atomic E-state index is 14.5. The number of rotatable bonds is 7. The highest BCUT2D eigenvalue weighted by Gasteiger charge is 2.45. The van der Waals surface area contributed by atoms with Gasteiger partial charge >= 0.3 is 12.1 Å². The first-order valence-corrected chi connectivity index (χ1v) is 13.8. The van der Waals surface area contributed by atoms with E-state index >= 15 is 0 Å².